The van der Waals surface area contributed by atoms with Crippen LogP contribution < -0.4 is 10.6 Å². The maximum Gasteiger partial charge on any atom is 0.319 e. The number of nitrogens with zero attached hydrogens (tertiary/aromatic N) is 1. The van der Waals surface area contributed by atoms with Crippen LogP contribution in [0.15, 0.2) is 18.2 Å². The number of nitrogens with one attached hydrogen (secondary N) is 2. The van der Waals surface area contributed by atoms with Crippen LogP contribution in [0.4, 0.5) is 10.5 Å². The lowest BCUT2D eigenvalue weighted by Gasteiger charge is -2.29. The van der Waals surface area contributed by atoms with E-state index in [0.29, 0.717) is 22.9 Å². The zero-order valence-electron chi connectivity index (χ0n) is 14.3. The fraction of sp³-hybridized carbons (Fsp3) is 0.529. The first-order chi connectivity index (χ1) is 11.4. The predicted molar refractivity (Wildman–Crippen MR) is 94.7 cm³/mol. The van der Waals surface area contributed by atoms with Crippen molar-refractivity contribution in [1.82, 2.24) is 10.2 Å². The summed E-state index contributed by atoms with van der Waals surface area (Å²) in [6, 6.07) is 4.56. The minimum Gasteiger partial charge on any atom is -0.382 e. The Kier molecular flexibility index (Phi) is 6.07. The maximum absolute atomic E-state index is 12.3. The molecule has 3 amide bonds. The number of halogens is 1. The van der Waals surface area contributed by atoms with Crippen molar-refractivity contribution in [2.75, 3.05) is 33.1 Å². The highest BCUT2D eigenvalue weighted by Crippen LogP contribution is 2.30. The van der Waals surface area contributed by atoms with Crippen LogP contribution in [0.25, 0.3) is 0 Å². The Morgan fingerprint density at radius 2 is 1.96 bits per heavy atom. The van der Waals surface area contributed by atoms with Crippen LogP contribution in [0.1, 0.15) is 36.0 Å². The van der Waals surface area contributed by atoms with Crippen LogP contribution >= 0.6 is 11.6 Å². The zero-order valence-corrected chi connectivity index (χ0v) is 15.1. The molecule has 0 radical (unpaired) electrons. The van der Waals surface area contributed by atoms with Gasteiger partial charge in [0.1, 0.15) is 0 Å². The number of carbonyl (C=O) groups is 2. The van der Waals surface area contributed by atoms with Crippen LogP contribution in [-0.2, 0) is 4.74 Å². The van der Waals surface area contributed by atoms with Crippen molar-refractivity contribution in [3.05, 3.63) is 28.8 Å². The molecule has 0 bridgehead atoms. The number of amides is 3. The topological polar surface area (TPSA) is 70.7 Å². The molecular weight excluding hydrogens is 330 g/mol. The highest BCUT2D eigenvalue weighted by atomic mass is 35.5. The minimum atomic E-state index is -0.312. The van der Waals surface area contributed by atoms with Gasteiger partial charge < -0.3 is 20.3 Å². The van der Waals surface area contributed by atoms with Crippen molar-refractivity contribution < 1.29 is 14.3 Å². The molecule has 24 heavy (non-hydrogen) atoms. The Hall–Kier alpha value is -1.79. The molecule has 1 aromatic rings. The summed E-state index contributed by atoms with van der Waals surface area (Å²) in [5.74, 6) is -0.212. The molecule has 0 spiro atoms. The molecule has 1 saturated carbocycles. The molecule has 1 aliphatic carbocycles. The Morgan fingerprint density at radius 3 is 2.54 bits per heavy atom. The molecule has 1 fully saturated rings. The van der Waals surface area contributed by atoms with E-state index in [4.69, 9.17) is 16.3 Å². The number of rotatable bonds is 5. The quantitative estimate of drug-likeness (QED) is 0.854. The smallest absolute Gasteiger partial charge is 0.319 e. The maximum atomic E-state index is 12.3. The molecule has 0 aromatic heterocycles. The van der Waals surface area contributed by atoms with Gasteiger partial charge in [-0.3, -0.25) is 4.79 Å². The van der Waals surface area contributed by atoms with E-state index >= 15 is 0 Å². The fourth-order valence-corrected chi connectivity index (χ4v) is 3.24. The number of anilines is 1. The van der Waals surface area contributed by atoms with Crippen LogP contribution in [0.2, 0.25) is 5.02 Å². The first-order valence-electron chi connectivity index (χ1n) is 7.96. The Bertz CT molecular complexity index is 613. The molecule has 1 aliphatic rings. The van der Waals surface area contributed by atoms with Crippen LogP contribution in [0.3, 0.4) is 0 Å². The van der Waals surface area contributed by atoms with E-state index < -0.39 is 0 Å². The van der Waals surface area contributed by atoms with E-state index in [1.807, 2.05) is 0 Å². The molecule has 132 valence electrons. The molecule has 2 rings (SSSR count). The first-order valence-corrected chi connectivity index (χ1v) is 8.34. The molecule has 0 heterocycles. The third-order valence-corrected chi connectivity index (χ3v) is 4.55. The molecule has 6 nitrogen and oxygen atoms in total. The van der Waals surface area contributed by atoms with E-state index in [9.17, 15) is 9.59 Å². The van der Waals surface area contributed by atoms with Crippen molar-refractivity contribution in [2.24, 2.45) is 0 Å². The average Bonchev–Trinajstić information content (AvgIpc) is 2.96. The predicted octanol–water partition coefficient (Wildman–Crippen LogP) is 3.12. The SMILES string of the molecule is COCC1(NC(=O)Nc2ccc(Cl)c(C(=O)N(C)C)c2)CCCC1. The molecule has 0 saturated heterocycles. The van der Waals surface area contributed by atoms with Gasteiger partial charge in [-0.2, -0.15) is 0 Å². The number of carbonyl (C=O) groups excluding carboxylic acids is 2. The van der Waals surface area contributed by atoms with Gasteiger partial charge in [0.2, 0.25) is 0 Å². The third-order valence-electron chi connectivity index (χ3n) is 4.22. The van der Waals surface area contributed by atoms with E-state index in [0.717, 1.165) is 25.7 Å². The number of hydrogen-bond donors (Lipinski definition) is 2. The second-order valence-electron chi connectivity index (χ2n) is 6.39. The van der Waals surface area contributed by atoms with E-state index in [1.165, 1.54) is 4.90 Å². The third kappa shape index (κ3) is 4.39. The Balaban J connectivity index is 2.09. The molecule has 0 unspecified atom stereocenters. The van der Waals surface area contributed by atoms with E-state index in [-0.39, 0.29) is 17.5 Å². The van der Waals surface area contributed by atoms with Gasteiger partial charge in [-0.05, 0) is 31.0 Å². The van der Waals surface area contributed by atoms with Crippen molar-refractivity contribution in [3.63, 3.8) is 0 Å². The highest BCUT2D eigenvalue weighted by Gasteiger charge is 2.35. The standard InChI is InChI=1S/C17H24ClN3O3/c1-21(2)15(22)13-10-12(6-7-14(13)18)19-16(23)20-17(11-24-3)8-4-5-9-17/h6-7,10H,4-5,8-9,11H2,1-3H3,(H2,19,20,23). The van der Waals surface area contributed by atoms with Gasteiger partial charge in [-0.25, -0.2) is 4.79 Å². The van der Waals surface area contributed by atoms with Gasteiger partial charge in [-0.15, -0.1) is 0 Å². The molecular formula is C17H24ClN3O3. The number of methoxy groups -OCH3 is 1. The number of hydrogen-bond acceptors (Lipinski definition) is 3. The molecule has 2 N–H and O–H groups in total. The summed E-state index contributed by atoms with van der Waals surface area (Å²) >= 11 is 6.08. The lowest BCUT2D eigenvalue weighted by atomic mass is 9.99. The lowest BCUT2D eigenvalue weighted by Crippen LogP contribution is -2.51. The second kappa shape index (κ2) is 7.85. The summed E-state index contributed by atoms with van der Waals surface area (Å²) in [5.41, 5.74) is 0.563. The largest absolute Gasteiger partial charge is 0.382 e. The Labute approximate surface area is 147 Å². The summed E-state index contributed by atoms with van der Waals surface area (Å²) in [7, 11) is 4.94. The first kappa shape index (κ1) is 18.5. The van der Waals surface area contributed by atoms with Gasteiger partial charge in [0.25, 0.3) is 5.91 Å². The van der Waals surface area contributed by atoms with E-state index in [1.54, 1.807) is 39.4 Å². The van der Waals surface area contributed by atoms with Gasteiger partial charge in [0.15, 0.2) is 0 Å². The van der Waals surface area contributed by atoms with Crippen LogP contribution in [-0.4, -0.2) is 50.2 Å². The summed E-state index contributed by atoms with van der Waals surface area (Å²) in [6.45, 7) is 0.491. The van der Waals surface area contributed by atoms with E-state index in [2.05, 4.69) is 10.6 Å². The van der Waals surface area contributed by atoms with Gasteiger partial charge in [0.05, 0.1) is 22.7 Å². The average molecular weight is 354 g/mol. The van der Waals surface area contributed by atoms with Crippen molar-refractivity contribution >= 4 is 29.2 Å². The summed E-state index contributed by atoms with van der Waals surface area (Å²) in [5, 5.41) is 6.16. The summed E-state index contributed by atoms with van der Waals surface area (Å²) < 4.78 is 5.26. The lowest BCUT2D eigenvalue weighted by molar-refractivity contribution is 0.0827. The number of urea groups is 1. The van der Waals surface area contributed by atoms with Crippen LogP contribution in [0.5, 0.6) is 0 Å². The minimum absolute atomic E-state index is 0.212. The molecule has 0 atom stereocenters. The fourth-order valence-electron chi connectivity index (χ4n) is 3.04. The van der Waals surface area contributed by atoms with Gasteiger partial charge in [-0.1, -0.05) is 24.4 Å². The second-order valence-corrected chi connectivity index (χ2v) is 6.80. The Morgan fingerprint density at radius 1 is 1.29 bits per heavy atom. The van der Waals surface area contributed by atoms with Gasteiger partial charge in [0, 0.05) is 26.9 Å². The highest BCUT2D eigenvalue weighted by molar-refractivity contribution is 6.34. The van der Waals surface area contributed by atoms with Crippen molar-refractivity contribution in [2.45, 2.75) is 31.2 Å². The van der Waals surface area contributed by atoms with Gasteiger partial charge >= 0.3 is 6.03 Å². The number of ether oxygens (including phenoxy) is 1. The van der Waals surface area contributed by atoms with Crippen LogP contribution in [0, 0.1) is 0 Å². The zero-order chi connectivity index (χ0) is 17.7. The number of benzene rings is 1. The van der Waals surface area contributed by atoms with Crippen molar-refractivity contribution in [1.29, 1.82) is 0 Å². The monoisotopic (exact) mass is 353 g/mol. The summed E-state index contributed by atoms with van der Waals surface area (Å²) in [6.07, 6.45) is 3.95. The molecule has 7 heteroatoms. The molecule has 0 aliphatic heterocycles. The molecule has 1 aromatic carbocycles. The summed E-state index contributed by atoms with van der Waals surface area (Å²) in [4.78, 5) is 25.9. The van der Waals surface area contributed by atoms with Crippen molar-refractivity contribution in [3.8, 4) is 0 Å². The normalized spacial score (nSPS) is 15.8.